The third-order valence-electron chi connectivity index (χ3n) is 4.82. The maximum atomic E-state index is 12.5. The third kappa shape index (κ3) is 3.75. The van der Waals surface area contributed by atoms with Gasteiger partial charge in [-0.25, -0.2) is 14.5 Å². The zero-order chi connectivity index (χ0) is 19.5. The average molecular weight is 376 g/mol. The van der Waals surface area contributed by atoms with Crippen LogP contribution < -0.4 is 16.0 Å². The van der Waals surface area contributed by atoms with Gasteiger partial charge in [-0.05, 0) is 54.3 Å². The van der Waals surface area contributed by atoms with Gasteiger partial charge in [0.1, 0.15) is 0 Å². The normalized spacial score (nSPS) is 12.6. The fraction of sp³-hybridized carbons (Fsp3) is 0.286. The van der Waals surface area contributed by atoms with E-state index >= 15 is 0 Å². The summed E-state index contributed by atoms with van der Waals surface area (Å²) in [6.45, 7) is 5.84. The zero-order valence-corrected chi connectivity index (χ0v) is 16.1. The summed E-state index contributed by atoms with van der Waals surface area (Å²) in [7, 11) is 0. The molecule has 0 unspecified atom stereocenters. The van der Waals surface area contributed by atoms with Crippen molar-refractivity contribution < 1.29 is 4.79 Å². The van der Waals surface area contributed by atoms with Crippen LogP contribution in [-0.4, -0.2) is 20.8 Å². The molecule has 28 heavy (non-hydrogen) atoms. The number of hydrogen-bond acceptors (Lipinski definition) is 4. The number of hydrogen-bond donors (Lipinski definition) is 3. The Bertz CT molecular complexity index is 1010. The van der Waals surface area contributed by atoms with Crippen molar-refractivity contribution in [3.8, 4) is 5.82 Å². The Kier molecular flexibility index (Phi) is 5.08. The lowest BCUT2D eigenvalue weighted by molar-refractivity contribution is 0.262. The molecule has 1 aromatic carbocycles. The predicted molar refractivity (Wildman–Crippen MR) is 110 cm³/mol. The standard InChI is InChI=1S/C21H24N6O/c1-3-4-19-18(13-24-27(19)20-9-14(2)7-8-23-20)26-21(28)25-17-6-5-15-11-22-12-16(15)10-17/h5-10,13,22H,3-4,11-12H2,1-2H3,(H2,25,26,28). The molecule has 3 aromatic rings. The van der Waals surface area contributed by atoms with Crippen LogP contribution in [0.5, 0.6) is 0 Å². The van der Waals surface area contributed by atoms with E-state index < -0.39 is 0 Å². The van der Waals surface area contributed by atoms with Crippen molar-refractivity contribution in [2.45, 2.75) is 39.8 Å². The average Bonchev–Trinajstić information content (AvgIpc) is 3.29. The lowest BCUT2D eigenvalue weighted by atomic mass is 10.1. The van der Waals surface area contributed by atoms with Gasteiger partial charge < -0.3 is 16.0 Å². The number of aryl methyl sites for hydroxylation is 1. The smallest absolute Gasteiger partial charge is 0.309 e. The second kappa shape index (κ2) is 7.82. The molecule has 0 fully saturated rings. The van der Waals surface area contributed by atoms with Crippen molar-refractivity contribution in [3.63, 3.8) is 0 Å². The fourth-order valence-electron chi connectivity index (χ4n) is 3.45. The first-order valence-electron chi connectivity index (χ1n) is 9.54. The molecule has 0 saturated heterocycles. The Labute approximate surface area is 164 Å². The number of anilines is 2. The van der Waals surface area contributed by atoms with E-state index in [9.17, 15) is 4.79 Å². The molecule has 0 saturated carbocycles. The summed E-state index contributed by atoms with van der Waals surface area (Å²) in [5.41, 5.74) is 6.04. The van der Waals surface area contributed by atoms with Crippen LogP contribution in [0.15, 0.2) is 42.7 Å². The Morgan fingerprint density at radius 1 is 1.18 bits per heavy atom. The summed E-state index contributed by atoms with van der Waals surface area (Å²) in [6.07, 6.45) is 5.17. The molecule has 0 radical (unpaired) electrons. The van der Waals surface area contributed by atoms with Crippen molar-refractivity contribution in [3.05, 3.63) is 65.1 Å². The monoisotopic (exact) mass is 376 g/mol. The lowest BCUT2D eigenvalue weighted by Crippen LogP contribution is -2.20. The van der Waals surface area contributed by atoms with E-state index in [2.05, 4.69) is 39.0 Å². The second-order valence-corrected chi connectivity index (χ2v) is 7.02. The van der Waals surface area contributed by atoms with Crippen LogP contribution in [0.1, 0.15) is 35.7 Å². The molecule has 2 aromatic heterocycles. The van der Waals surface area contributed by atoms with Gasteiger partial charge in [0.15, 0.2) is 5.82 Å². The van der Waals surface area contributed by atoms with E-state index in [4.69, 9.17) is 0 Å². The molecular weight excluding hydrogens is 352 g/mol. The van der Waals surface area contributed by atoms with E-state index in [0.717, 1.165) is 48.7 Å². The Hall–Kier alpha value is -3.19. The van der Waals surface area contributed by atoms with Gasteiger partial charge in [-0.3, -0.25) is 0 Å². The first kappa shape index (κ1) is 18.2. The van der Waals surface area contributed by atoms with Gasteiger partial charge in [-0.15, -0.1) is 0 Å². The van der Waals surface area contributed by atoms with Crippen LogP contribution in [0, 0.1) is 6.92 Å². The molecule has 1 aliphatic rings. The zero-order valence-electron chi connectivity index (χ0n) is 16.1. The van der Waals surface area contributed by atoms with Crippen LogP contribution in [0.25, 0.3) is 5.82 Å². The van der Waals surface area contributed by atoms with Gasteiger partial charge >= 0.3 is 6.03 Å². The predicted octanol–water partition coefficient (Wildman–Crippen LogP) is 3.78. The van der Waals surface area contributed by atoms with Crippen LogP contribution in [0.4, 0.5) is 16.2 Å². The second-order valence-electron chi connectivity index (χ2n) is 7.02. The molecule has 0 atom stereocenters. The quantitative estimate of drug-likeness (QED) is 0.633. The number of urea groups is 1. The summed E-state index contributed by atoms with van der Waals surface area (Å²) in [4.78, 5) is 17.0. The van der Waals surface area contributed by atoms with E-state index in [0.29, 0.717) is 5.69 Å². The number of fused-ring (bicyclic) bond motifs is 1. The molecule has 7 heteroatoms. The minimum atomic E-state index is -0.278. The molecule has 0 bridgehead atoms. The van der Waals surface area contributed by atoms with Crippen LogP contribution in [0.2, 0.25) is 0 Å². The molecule has 4 rings (SSSR count). The molecular formula is C21H24N6O. The summed E-state index contributed by atoms with van der Waals surface area (Å²) in [5.74, 6) is 0.753. The summed E-state index contributed by atoms with van der Waals surface area (Å²) in [6, 6.07) is 9.65. The molecule has 1 aliphatic heterocycles. The molecule has 144 valence electrons. The van der Waals surface area contributed by atoms with E-state index in [1.54, 1.807) is 17.1 Å². The topological polar surface area (TPSA) is 83.9 Å². The summed E-state index contributed by atoms with van der Waals surface area (Å²) in [5, 5.41) is 13.6. The summed E-state index contributed by atoms with van der Waals surface area (Å²) >= 11 is 0. The van der Waals surface area contributed by atoms with E-state index in [1.807, 2.05) is 31.2 Å². The van der Waals surface area contributed by atoms with Crippen molar-refractivity contribution in [1.29, 1.82) is 0 Å². The first-order valence-corrected chi connectivity index (χ1v) is 9.54. The Morgan fingerprint density at radius 2 is 2.04 bits per heavy atom. The number of nitrogens with zero attached hydrogens (tertiary/aromatic N) is 3. The van der Waals surface area contributed by atoms with Gasteiger partial charge in [0, 0.05) is 25.0 Å². The molecule has 0 spiro atoms. The summed E-state index contributed by atoms with van der Waals surface area (Å²) < 4.78 is 1.80. The number of amides is 2. The van der Waals surface area contributed by atoms with Gasteiger partial charge in [0.05, 0.1) is 17.6 Å². The van der Waals surface area contributed by atoms with Gasteiger partial charge in [0.2, 0.25) is 0 Å². The number of pyridine rings is 1. The molecule has 2 amide bonds. The Morgan fingerprint density at radius 3 is 2.86 bits per heavy atom. The fourth-order valence-corrected chi connectivity index (χ4v) is 3.45. The highest BCUT2D eigenvalue weighted by molar-refractivity contribution is 6.00. The van der Waals surface area contributed by atoms with E-state index in [1.165, 1.54) is 11.1 Å². The lowest BCUT2D eigenvalue weighted by Gasteiger charge is -2.11. The highest BCUT2D eigenvalue weighted by Gasteiger charge is 2.16. The molecule has 3 heterocycles. The maximum Gasteiger partial charge on any atom is 0.323 e. The maximum absolute atomic E-state index is 12.5. The number of rotatable bonds is 5. The van der Waals surface area contributed by atoms with Crippen molar-refractivity contribution in [2.75, 3.05) is 10.6 Å². The van der Waals surface area contributed by atoms with Gasteiger partial charge in [-0.1, -0.05) is 19.4 Å². The SMILES string of the molecule is CCCc1c(NC(=O)Nc2ccc3c(c2)CNC3)cnn1-c1cc(C)ccn1. The number of carbonyl (C=O) groups is 1. The third-order valence-corrected chi connectivity index (χ3v) is 4.82. The Balaban J connectivity index is 1.53. The minimum absolute atomic E-state index is 0.278. The van der Waals surface area contributed by atoms with Crippen molar-refractivity contribution in [2.24, 2.45) is 0 Å². The molecule has 0 aliphatic carbocycles. The number of aromatic nitrogens is 3. The minimum Gasteiger partial charge on any atom is -0.309 e. The van der Waals surface area contributed by atoms with Gasteiger partial charge in [-0.2, -0.15) is 5.10 Å². The number of nitrogens with one attached hydrogen (secondary N) is 3. The van der Waals surface area contributed by atoms with Crippen molar-refractivity contribution in [1.82, 2.24) is 20.1 Å². The first-order chi connectivity index (χ1) is 13.6. The molecule has 3 N–H and O–H groups in total. The van der Waals surface area contributed by atoms with Crippen LogP contribution >= 0.6 is 0 Å². The van der Waals surface area contributed by atoms with E-state index in [-0.39, 0.29) is 6.03 Å². The van der Waals surface area contributed by atoms with Crippen LogP contribution in [-0.2, 0) is 19.5 Å². The largest absolute Gasteiger partial charge is 0.323 e. The van der Waals surface area contributed by atoms with Gasteiger partial charge in [0.25, 0.3) is 0 Å². The number of benzene rings is 1. The van der Waals surface area contributed by atoms with Crippen LogP contribution in [0.3, 0.4) is 0 Å². The highest BCUT2D eigenvalue weighted by Crippen LogP contribution is 2.22. The number of carbonyl (C=O) groups excluding carboxylic acids is 1. The highest BCUT2D eigenvalue weighted by atomic mass is 16.2. The van der Waals surface area contributed by atoms with Crippen molar-refractivity contribution >= 4 is 17.4 Å². The molecule has 7 nitrogen and oxygen atoms in total.